The smallest absolute Gasteiger partial charge is 0.347 e. The molecule has 112 valence electrons. The van der Waals surface area contributed by atoms with Crippen molar-refractivity contribution >= 4 is 5.91 Å². The number of nitrogens with zero attached hydrogens (tertiary/aromatic N) is 2. The van der Waals surface area contributed by atoms with Crippen LogP contribution in [0.1, 0.15) is 29.0 Å². The largest absolute Gasteiger partial charge is 0.404 e. The summed E-state index contributed by atoms with van der Waals surface area (Å²) in [6.45, 7) is 1.95. The molecule has 1 aliphatic heterocycles. The Morgan fingerprint density at radius 1 is 1.50 bits per heavy atom. The maximum atomic E-state index is 12.7. The molecule has 2 heterocycles. The molecule has 20 heavy (non-hydrogen) atoms. The minimum atomic E-state index is -4.22. The lowest BCUT2D eigenvalue weighted by molar-refractivity contribution is -0.188. The van der Waals surface area contributed by atoms with E-state index < -0.39 is 12.2 Å². The first-order valence-electron chi connectivity index (χ1n) is 6.37. The second kappa shape index (κ2) is 5.43. The van der Waals surface area contributed by atoms with Gasteiger partial charge in [0.2, 0.25) is 0 Å². The van der Waals surface area contributed by atoms with E-state index in [4.69, 9.17) is 0 Å². The zero-order chi connectivity index (χ0) is 14.9. The molecule has 2 N–H and O–H groups in total. The lowest BCUT2D eigenvalue weighted by Crippen LogP contribution is -2.54. The second-order valence-corrected chi connectivity index (χ2v) is 5.18. The molecule has 1 amide bonds. The van der Waals surface area contributed by atoms with Crippen molar-refractivity contribution in [2.75, 3.05) is 13.6 Å². The van der Waals surface area contributed by atoms with Crippen LogP contribution < -0.4 is 5.32 Å². The number of amides is 1. The maximum absolute atomic E-state index is 12.7. The van der Waals surface area contributed by atoms with Gasteiger partial charge in [0.25, 0.3) is 5.91 Å². The van der Waals surface area contributed by atoms with Gasteiger partial charge in [-0.25, -0.2) is 0 Å². The number of rotatable bonds is 2. The van der Waals surface area contributed by atoms with Gasteiger partial charge in [0.1, 0.15) is 11.7 Å². The van der Waals surface area contributed by atoms with Crippen molar-refractivity contribution in [3.05, 3.63) is 17.5 Å². The zero-order valence-electron chi connectivity index (χ0n) is 11.3. The van der Waals surface area contributed by atoms with Crippen LogP contribution in [0.25, 0.3) is 0 Å². The molecule has 1 aromatic heterocycles. The number of alkyl halides is 3. The first-order chi connectivity index (χ1) is 9.27. The lowest BCUT2D eigenvalue weighted by Gasteiger charge is -2.38. The van der Waals surface area contributed by atoms with Crippen molar-refractivity contribution in [3.8, 4) is 0 Å². The Hall–Kier alpha value is -1.57. The summed E-state index contributed by atoms with van der Waals surface area (Å²) < 4.78 is 38.1. The minimum absolute atomic E-state index is 0.00938. The number of nitrogens with one attached hydrogen (secondary N) is 2. The van der Waals surface area contributed by atoms with E-state index in [1.165, 1.54) is 11.9 Å². The van der Waals surface area contributed by atoms with Crippen LogP contribution in [0.4, 0.5) is 13.2 Å². The monoisotopic (exact) mass is 290 g/mol. The van der Waals surface area contributed by atoms with E-state index in [2.05, 4.69) is 15.5 Å². The van der Waals surface area contributed by atoms with Crippen LogP contribution in [-0.2, 0) is 0 Å². The highest BCUT2D eigenvalue weighted by atomic mass is 19.4. The van der Waals surface area contributed by atoms with Crippen LogP contribution in [0, 0.1) is 6.92 Å². The van der Waals surface area contributed by atoms with E-state index in [0.717, 1.165) is 5.69 Å². The molecule has 5 nitrogen and oxygen atoms in total. The fourth-order valence-electron chi connectivity index (χ4n) is 2.47. The van der Waals surface area contributed by atoms with Crippen LogP contribution in [0.3, 0.4) is 0 Å². The van der Waals surface area contributed by atoms with Gasteiger partial charge in [-0.2, -0.15) is 18.3 Å². The van der Waals surface area contributed by atoms with Gasteiger partial charge in [-0.1, -0.05) is 0 Å². The third-order valence-corrected chi connectivity index (χ3v) is 3.48. The van der Waals surface area contributed by atoms with E-state index in [0.29, 0.717) is 6.42 Å². The molecule has 2 rings (SSSR count). The summed E-state index contributed by atoms with van der Waals surface area (Å²) in [6, 6.07) is -0.119. The van der Waals surface area contributed by atoms with Gasteiger partial charge in [0, 0.05) is 18.3 Å². The highest BCUT2D eigenvalue weighted by Gasteiger charge is 2.44. The summed E-state index contributed by atoms with van der Waals surface area (Å²) in [4.78, 5) is 13.1. The zero-order valence-corrected chi connectivity index (χ0v) is 11.3. The first-order valence-corrected chi connectivity index (χ1v) is 6.37. The molecular formula is C12H17F3N4O. The molecule has 0 aliphatic carbocycles. The number of hydrogen-bond acceptors (Lipinski definition) is 3. The van der Waals surface area contributed by atoms with Crippen molar-refractivity contribution in [1.82, 2.24) is 20.4 Å². The number of halogens is 3. The Balaban J connectivity index is 1.92. The average molecular weight is 290 g/mol. The molecule has 0 spiro atoms. The summed E-state index contributed by atoms with van der Waals surface area (Å²) in [5.74, 6) is -0.363. The third-order valence-electron chi connectivity index (χ3n) is 3.48. The summed E-state index contributed by atoms with van der Waals surface area (Å²) in [5, 5.41) is 9.20. The van der Waals surface area contributed by atoms with Crippen LogP contribution in [0.15, 0.2) is 6.07 Å². The number of likely N-dealkylation sites (tertiary alicyclic amines) is 1. The number of piperidine rings is 1. The molecule has 0 radical (unpaired) electrons. The minimum Gasteiger partial charge on any atom is -0.347 e. The van der Waals surface area contributed by atoms with Gasteiger partial charge in [-0.3, -0.25) is 14.8 Å². The Kier molecular flexibility index (Phi) is 4.03. The highest BCUT2D eigenvalue weighted by molar-refractivity contribution is 5.92. The number of H-pyrrole nitrogens is 1. The SMILES string of the molecule is Cc1cc(C(=O)N[C@H]2CC[C@H](C(F)(F)F)N(C)C2)n[nH]1. The van der Waals surface area contributed by atoms with Gasteiger partial charge in [0.05, 0.1) is 0 Å². The molecule has 1 saturated heterocycles. The van der Waals surface area contributed by atoms with E-state index >= 15 is 0 Å². The number of aromatic nitrogens is 2. The topological polar surface area (TPSA) is 61.0 Å². The van der Waals surface area contributed by atoms with E-state index in [1.54, 1.807) is 13.0 Å². The van der Waals surface area contributed by atoms with Gasteiger partial charge in [0.15, 0.2) is 0 Å². The number of hydrogen-bond donors (Lipinski definition) is 2. The molecule has 0 aromatic carbocycles. The van der Waals surface area contributed by atoms with Crippen molar-refractivity contribution in [2.45, 2.75) is 38.0 Å². The van der Waals surface area contributed by atoms with E-state index in [1.807, 2.05) is 0 Å². The molecule has 2 atom stereocenters. The van der Waals surface area contributed by atoms with Crippen molar-refractivity contribution in [1.29, 1.82) is 0 Å². The molecule has 0 unspecified atom stereocenters. The molecular weight excluding hydrogens is 273 g/mol. The Morgan fingerprint density at radius 2 is 2.20 bits per heavy atom. The number of carbonyl (C=O) groups is 1. The summed E-state index contributed by atoms with van der Waals surface area (Å²) in [6.07, 6.45) is -3.92. The van der Waals surface area contributed by atoms with Crippen molar-refractivity contribution in [2.24, 2.45) is 0 Å². The first kappa shape index (κ1) is 14.8. The lowest BCUT2D eigenvalue weighted by atomic mass is 9.98. The molecule has 8 heteroatoms. The van der Waals surface area contributed by atoms with Gasteiger partial charge in [-0.05, 0) is 32.9 Å². The van der Waals surface area contributed by atoms with Gasteiger partial charge >= 0.3 is 6.18 Å². The van der Waals surface area contributed by atoms with Crippen molar-refractivity contribution in [3.63, 3.8) is 0 Å². The predicted octanol–water partition coefficient (Wildman–Crippen LogP) is 1.47. The Bertz CT molecular complexity index is 485. The molecule has 0 saturated carbocycles. The molecule has 1 aliphatic rings. The van der Waals surface area contributed by atoms with Crippen LogP contribution in [0.5, 0.6) is 0 Å². The quantitative estimate of drug-likeness (QED) is 0.867. The second-order valence-electron chi connectivity index (χ2n) is 5.18. The van der Waals surface area contributed by atoms with Crippen LogP contribution >= 0.6 is 0 Å². The number of likely N-dealkylation sites (N-methyl/N-ethyl adjacent to an activating group) is 1. The summed E-state index contributed by atoms with van der Waals surface area (Å²) in [7, 11) is 1.43. The number of carbonyl (C=O) groups excluding carboxylic acids is 1. The summed E-state index contributed by atoms with van der Waals surface area (Å²) >= 11 is 0. The fourth-order valence-corrected chi connectivity index (χ4v) is 2.47. The third kappa shape index (κ3) is 3.30. The molecule has 1 aromatic rings. The molecule has 1 fully saturated rings. The van der Waals surface area contributed by atoms with Gasteiger partial charge < -0.3 is 5.32 Å². The van der Waals surface area contributed by atoms with Crippen molar-refractivity contribution < 1.29 is 18.0 Å². The summed E-state index contributed by atoms with van der Waals surface area (Å²) in [5.41, 5.74) is 1.01. The van der Waals surface area contributed by atoms with E-state index in [-0.39, 0.29) is 30.6 Å². The fraction of sp³-hybridized carbons (Fsp3) is 0.667. The van der Waals surface area contributed by atoms with E-state index in [9.17, 15) is 18.0 Å². The number of aromatic amines is 1. The maximum Gasteiger partial charge on any atom is 0.404 e. The average Bonchev–Trinajstić information content (AvgIpc) is 2.74. The van der Waals surface area contributed by atoms with Gasteiger partial charge in [-0.15, -0.1) is 0 Å². The Labute approximate surface area is 114 Å². The van der Waals surface area contributed by atoms with Crippen LogP contribution in [0.2, 0.25) is 0 Å². The normalized spacial score (nSPS) is 24.6. The number of aryl methyl sites for hydroxylation is 1. The Morgan fingerprint density at radius 3 is 2.70 bits per heavy atom. The van der Waals surface area contributed by atoms with Crippen LogP contribution in [-0.4, -0.2) is 52.9 Å². The molecule has 0 bridgehead atoms. The standard InChI is InChI=1S/C12H17F3N4O/c1-7-5-9(18-17-7)11(20)16-8-3-4-10(12(13,14)15)19(2)6-8/h5,8,10H,3-4,6H2,1-2H3,(H,16,20)(H,17,18)/t8-,10+/m0/s1. The highest BCUT2D eigenvalue weighted by Crippen LogP contribution is 2.30. The predicted molar refractivity (Wildman–Crippen MR) is 66.3 cm³/mol.